The van der Waals surface area contributed by atoms with E-state index in [1.165, 1.54) is 4.88 Å². The van der Waals surface area contributed by atoms with Crippen LogP contribution in [0.15, 0.2) is 6.07 Å². The third-order valence-corrected chi connectivity index (χ3v) is 5.04. The van der Waals surface area contributed by atoms with Crippen LogP contribution in [0.1, 0.15) is 18.2 Å². The van der Waals surface area contributed by atoms with E-state index in [0.717, 1.165) is 55.2 Å². The molecule has 3 heterocycles. The maximum absolute atomic E-state index is 6.34. The fourth-order valence-corrected chi connectivity index (χ4v) is 3.84. The molecule has 0 unspecified atom stereocenters. The van der Waals surface area contributed by atoms with E-state index in [1.54, 1.807) is 11.3 Å². The lowest BCUT2D eigenvalue weighted by Gasteiger charge is -2.32. The first-order valence-electron chi connectivity index (χ1n) is 7.07. The molecule has 0 N–H and O–H groups in total. The Hall–Kier alpha value is -0.910. The molecule has 0 aromatic carbocycles. The maximum atomic E-state index is 6.34. The van der Waals surface area contributed by atoms with Gasteiger partial charge in [0.25, 0.3) is 0 Å². The van der Waals surface area contributed by atoms with Crippen molar-refractivity contribution < 1.29 is 0 Å². The fraction of sp³-hybridized carbons (Fsp3) is 0.571. The molecular weight excluding hydrogens is 292 g/mol. The molecule has 0 saturated carbocycles. The zero-order valence-electron chi connectivity index (χ0n) is 11.9. The quantitative estimate of drug-likeness (QED) is 0.816. The lowest BCUT2D eigenvalue weighted by atomic mass is 10.2. The molecule has 2 aromatic heterocycles. The van der Waals surface area contributed by atoms with Crippen LogP contribution in [0.25, 0.3) is 10.2 Å². The van der Waals surface area contributed by atoms with E-state index < -0.39 is 0 Å². The molecule has 1 aliphatic heterocycles. The Morgan fingerprint density at radius 3 is 2.70 bits per heavy atom. The van der Waals surface area contributed by atoms with Gasteiger partial charge in [-0.2, -0.15) is 0 Å². The minimum absolute atomic E-state index is 0.586. The van der Waals surface area contributed by atoms with Gasteiger partial charge in [0.1, 0.15) is 9.98 Å². The molecule has 0 atom stereocenters. The van der Waals surface area contributed by atoms with Crippen LogP contribution in [0.2, 0.25) is 5.15 Å². The Morgan fingerprint density at radius 2 is 2.00 bits per heavy atom. The predicted octanol–water partition coefficient (Wildman–Crippen LogP) is 3.05. The van der Waals surface area contributed by atoms with Crippen LogP contribution in [-0.4, -0.2) is 48.1 Å². The second-order valence-electron chi connectivity index (χ2n) is 5.29. The van der Waals surface area contributed by atoms with E-state index in [9.17, 15) is 0 Å². The molecule has 0 bridgehead atoms. The number of hydrogen-bond donors (Lipinski definition) is 0. The number of aryl methyl sites for hydroxylation is 1. The second kappa shape index (κ2) is 5.84. The van der Waals surface area contributed by atoms with Crippen molar-refractivity contribution in [1.82, 2.24) is 14.9 Å². The Bertz CT molecular complexity index is 604. The van der Waals surface area contributed by atoms with Crippen LogP contribution in [-0.2, 0) is 6.42 Å². The lowest BCUT2D eigenvalue weighted by molar-refractivity contribution is 0.311. The second-order valence-corrected chi connectivity index (χ2v) is 6.76. The standard InChI is InChI=1S/C14H19ClN4S/c1-3-4-10-9-11-12(15)16-14(17-13(11)20-10)19-7-5-18(2)6-8-19/h9H,3-8H2,1-2H3. The van der Waals surface area contributed by atoms with Gasteiger partial charge in [0, 0.05) is 36.4 Å². The highest BCUT2D eigenvalue weighted by atomic mass is 35.5. The highest BCUT2D eigenvalue weighted by molar-refractivity contribution is 7.18. The number of likely N-dealkylation sites (N-methyl/N-ethyl adjacent to an activating group) is 1. The van der Waals surface area contributed by atoms with Crippen LogP contribution < -0.4 is 4.90 Å². The molecule has 4 nitrogen and oxygen atoms in total. The van der Waals surface area contributed by atoms with Gasteiger partial charge >= 0.3 is 0 Å². The van der Waals surface area contributed by atoms with Crippen LogP contribution in [0.3, 0.4) is 0 Å². The van der Waals surface area contributed by atoms with Crippen LogP contribution in [0.5, 0.6) is 0 Å². The first-order chi connectivity index (χ1) is 9.67. The van der Waals surface area contributed by atoms with Crippen molar-refractivity contribution in [3.63, 3.8) is 0 Å². The van der Waals surface area contributed by atoms with Crippen molar-refractivity contribution in [3.8, 4) is 0 Å². The third-order valence-electron chi connectivity index (χ3n) is 3.67. The molecule has 0 amide bonds. The van der Waals surface area contributed by atoms with Gasteiger partial charge in [0.05, 0.1) is 0 Å². The molecule has 3 rings (SSSR count). The summed E-state index contributed by atoms with van der Waals surface area (Å²) in [6, 6.07) is 2.14. The molecule has 0 spiro atoms. The van der Waals surface area contributed by atoms with Gasteiger partial charge in [-0.25, -0.2) is 9.97 Å². The SMILES string of the molecule is CCCc1cc2c(Cl)nc(N3CCN(C)CC3)nc2s1. The van der Waals surface area contributed by atoms with Crippen molar-refractivity contribution in [2.45, 2.75) is 19.8 Å². The Kier molecular flexibility index (Phi) is 4.10. The zero-order chi connectivity index (χ0) is 14.1. The lowest BCUT2D eigenvalue weighted by Crippen LogP contribution is -2.45. The van der Waals surface area contributed by atoms with Gasteiger partial charge in [-0.05, 0) is 19.5 Å². The number of piperazine rings is 1. The summed E-state index contributed by atoms with van der Waals surface area (Å²) in [5.74, 6) is 0.778. The molecule has 108 valence electrons. The van der Waals surface area contributed by atoms with E-state index in [-0.39, 0.29) is 0 Å². The normalized spacial score (nSPS) is 17.1. The summed E-state index contributed by atoms with van der Waals surface area (Å²) in [5.41, 5.74) is 0. The highest BCUT2D eigenvalue weighted by Gasteiger charge is 2.19. The van der Waals surface area contributed by atoms with Crippen LogP contribution >= 0.6 is 22.9 Å². The molecule has 6 heteroatoms. The molecule has 1 fully saturated rings. The number of fused-ring (bicyclic) bond motifs is 1. The number of thiophene rings is 1. The molecular formula is C14H19ClN4S. The molecule has 1 aliphatic rings. The summed E-state index contributed by atoms with van der Waals surface area (Å²) in [7, 11) is 2.14. The monoisotopic (exact) mass is 310 g/mol. The first kappa shape index (κ1) is 14.0. The third kappa shape index (κ3) is 2.75. The minimum atomic E-state index is 0.586. The zero-order valence-corrected chi connectivity index (χ0v) is 13.5. The summed E-state index contributed by atoms with van der Waals surface area (Å²) < 4.78 is 0. The van der Waals surface area contributed by atoms with Crippen molar-refractivity contribution >= 4 is 39.1 Å². The average molecular weight is 311 g/mol. The fourth-order valence-electron chi connectivity index (χ4n) is 2.44. The minimum Gasteiger partial charge on any atom is -0.338 e. The predicted molar refractivity (Wildman–Crippen MR) is 86.1 cm³/mol. The molecule has 0 aliphatic carbocycles. The average Bonchev–Trinajstić information content (AvgIpc) is 2.83. The summed E-state index contributed by atoms with van der Waals surface area (Å²) in [4.78, 5) is 16.1. The number of nitrogens with zero attached hydrogens (tertiary/aromatic N) is 4. The van der Waals surface area contributed by atoms with Crippen molar-refractivity contribution in [2.24, 2.45) is 0 Å². The van der Waals surface area contributed by atoms with E-state index in [4.69, 9.17) is 16.6 Å². The number of halogens is 1. The Labute approximate surface area is 128 Å². The molecule has 1 saturated heterocycles. The summed E-state index contributed by atoms with van der Waals surface area (Å²) in [6.45, 7) is 6.21. The highest BCUT2D eigenvalue weighted by Crippen LogP contribution is 2.31. The van der Waals surface area contributed by atoms with Crippen molar-refractivity contribution in [3.05, 3.63) is 16.1 Å². The number of aromatic nitrogens is 2. The van der Waals surface area contributed by atoms with Gasteiger partial charge < -0.3 is 9.80 Å². The number of rotatable bonds is 3. The Balaban J connectivity index is 1.92. The van der Waals surface area contributed by atoms with Gasteiger partial charge in [-0.15, -0.1) is 11.3 Å². The van der Waals surface area contributed by atoms with Gasteiger partial charge in [-0.1, -0.05) is 24.9 Å². The van der Waals surface area contributed by atoms with E-state index >= 15 is 0 Å². The maximum Gasteiger partial charge on any atom is 0.228 e. The van der Waals surface area contributed by atoms with Gasteiger partial charge in [0.15, 0.2) is 0 Å². The number of hydrogen-bond acceptors (Lipinski definition) is 5. The van der Waals surface area contributed by atoms with Gasteiger partial charge in [-0.3, -0.25) is 0 Å². The van der Waals surface area contributed by atoms with E-state index in [2.05, 4.69) is 34.8 Å². The van der Waals surface area contributed by atoms with E-state index in [1.807, 2.05) is 0 Å². The van der Waals surface area contributed by atoms with Crippen LogP contribution in [0.4, 0.5) is 5.95 Å². The van der Waals surface area contributed by atoms with Gasteiger partial charge in [0.2, 0.25) is 5.95 Å². The summed E-state index contributed by atoms with van der Waals surface area (Å²) in [6.07, 6.45) is 2.23. The summed E-state index contributed by atoms with van der Waals surface area (Å²) in [5, 5.41) is 1.58. The number of anilines is 1. The van der Waals surface area contributed by atoms with Crippen molar-refractivity contribution in [1.29, 1.82) is 0 Å². The first-order valence-corrected chi connectivity index (χ1v) is 8.26. The molecule has 20 heavy (non-hydrogen) atoms. The Morgan fingerprint density at radius 1 is 1.25 bits per heavy atom. The van der Waals surface area contributed by atoms with Crippen molar-refractivity contribution in [2.75, 3.05) is 38.1 Å². The van der Waals surface area contributed by atoms with Crippen LogP contribution in [0, 0.1) is 0 Å². The largest absolute Gasteiger partial charge is 0.338 e. The molecule has 0 radical (unpaired) electrons. The van der Waals surface area contributed by atoms with E-state index in [0.29, 0.717) is 5.15 Å². The topological polar surface area (TPSA) is 32.3 Å². The summed E-state index contributed by atoms with van der Waals surface area (Å²) >= 11 is 8.08. The molecule has 2 aromatic rings. The smallest absolute Gasteiger partial charge is 0.228 e.